The van der Waals surface area contributed by atoms with E-state index in [4.69, 9.17) is 0 Å². The molecule has 2 heterocycles. The van der Waals surface area contributed by atoms with Crippen molar-refractivity contribution in [2.45, 2.75) is 19.8 Å². The van der Waals surface area contributed by atoms with Gasteiger partial charge in [0.25, 0.3) is 0 Å². The second-order valence-electron chi connectivity index (χ2n) is 5.81. The van der Waals surface area contributed by atoms with Crippen LogP contribution in [0.4, 0.5) is 5.69 Å². The first-order valence-corrected chi connectivity index (χ1v) is 8.05. The van der Waals surface area contributed by atoms with E-state index in [-0.39, 0.29) is 5.91 Å². The molecule has 5 nitrogen and oxygen atoms in total. The fourth-order valence-electron chi connectivity index (χ4n) is 3.17. The van der Waals surface area contributed by atoms with Crippen molar-refractivity contribution >= 4 is 22.5 Å². The van der Waals surface area contributed by atoms with E-state index in [0.29, 0.717) is 12.1 Å². The standard InChI is InChI=1S/C18H20N4O/c1-2-8-21-9-5-10-22(13-17(21)23)18-14(11-19)12-20-16-7-4-3-6-15(16)18/h3-4,6-7,12H,2,5,8-10,13H2,1H3. The number of nitriles is 1. The molecule has 23 heavy (non-hydrogen) atoms. The van der Waals surface area contributed by atoms with Crippen LogP contribution >= 0.6 is 0 Å². The summed E-state index contributed by atoms with van der Waals surface area (Å²) in [5, 5.41) is 10.4. The molecule has 1 saturated heterocycles. The highest BCUT2D eigenvalue weighted by Crippen LogP contribution is 2.30. The lowest BCUT2D eigenvalue weighted by molar-refractivity contribution is -0.129. The first kappa shape index (κ1) is 15.3. The molecule has 0 aliphatic carbocycles. The largest absolute Gasteiger partial charge is 0.360 e. The van der Waals surface area contributed by atoms with Crippen molar-refractivity contribution in [2.24, 2.45) is 0 Å². The van der Waals surface area contributed by atoms with Gasteiger partial charge in [0.2, 0.25) is 5.91 Å². The molecule has 1 fully saturated rings. The number of anilines is 1. The third kappa shape index (κ3) is 2.98. The Hall–Kier alpha value is -2.61. The highest BCUT2D eigenvalue weighted by Gasteiger charge is 2.24. The van der Waals surface area contributed by atoms with E-state index in [9.17, 15) is 10.1 Å². The fraction of sp³-hybridized carbons (Fsp3) is 0.389. The fourth-order valence-corrected chi connectivity index (χ4v) is 3.17. The number of pyridine rings is 1. The number of benzene rings is 1. The molecule has 5 heteroatoms. The molecule has 0 unspecified atom stereocenters. The van der Waals surface area contributed by atoms with Crippen molar-refractivity contribution in [3.8, 4) is 6.07 Å². The number of fused-ring (bicyclic) bond motifs is 1. The van der Waals surface area contributed by atoms with Crippen molar-refractivity contribution < 1.29 is 4.79 Å². The van der Waals surface area contributed by atoms with Crippen LogP contribution in [0.5, 0.6) is 0 Å². The normalized spacial score (nSPS) is 15.6. The Morgan fingerprint density at radius 2 is 2.13 bits per heavy atom. The van der Waals surface area contributed by atoms with E-state index in [1.807, 2.05) is 34.1 Å². The highest BCUT2D eigenvalue weighted by molar-refractivity contribution is 5.96. The number of para-hydroxylation sites is 1. The molecule has 3 rings (SSSR count). The summed E-state index contributed by atoms with van der Waals surface area (Å²) >= 11 is 0. The number of carbonyl (C=O) groups is 1. The summed E-state index contributed by atoms with van der Waals surface area (Å²) in [5.41, 5.74) is 2.22. The zero-order chi connectivity index (χ0) is 16.2. The lowest BCUT2D eigenvalue weighted by Crippen LogP contribution is -2.37. The van der Waals surface area contributed by atoms with Gasteiger partial charge in [0.15, 0.2) is 0 Å². The van der Waals surface area contributed by atoms with Gasteiger partial charge < -0.3 is 9.80 Å². The van der Waals surface area contributed by atoms with Crippen LogP contribution in [-0.2, 0) is 4.79 Å². The number of hydrogen-bond acceptors (Lipinski definition) is 4. The maximum absolute atomic E-state index is 12.5. The summed E-state index contributed by atoms with van der Waals surface area (Å²) in [6.07, 6.45) is 3.48. The van der Waals surface area contributed by atoms with Gasteiger partial charge in [-0.25, -0.2) is 0 Å². The van der Waals surface area contributed by atoms with Crippen LogP contribution in [0.2, 0.25) is 0 Å². The molecular formula is C18H20N4O. The van der Waals surface area contributed by atoms with Gasteiger partial charge in [0, 0.05) is 31.2 Å². The lowest BCUT2D eigenvalue weighted by Gasteiger charge is -2.25. The smallest absolute Gasteiger partial charge is 0.242 e. The third-order valence-electron chi connectivity index (χ3n) is 4.21. The Kier molecular flexibility index (Phi) is 4.42. The summed E-state index contributed by atoms with van der Waals surface area (Å²) in [7, 11) is 0. The van der Waals surface area contributed by atoms with Crippen LogP contribution in [0.15, 0.2) is 30.5 Å². The third-order valence-corrected chi connectivity index (χ3v) is 4.21. The zero-order valence-electron chi connectivity index (χ0n) is 13.3. The quantitative estimate of drug-likeness (QED) is 0.874. The van der Waals surface area contributed by atoms with Crippen molar-refractivity contribution in [3.63, 3.8) is 0 Å². The van der Waals surface area contributed by atoms with Crippen LogP contribution in [-0.4, -0.2) is 42.0 Å². The summed E-state index contributed by atoms with van der Waals surface area (Å²) in [6, 6.07) is 10.0. The molecule has 0 N–H and O–H groups in total. The molecule has 1 amide bonds. The molecule has 0 spiro atoms. The summed E-state index contributed by atoms with van der Waals surface area (Å²) in [5.74, 6) is 0.133. The number of nitrogens with zero attached hydrogens (tertiary/aromatic N) is 4. The van der Waals surface area contributed by atoms with Crippen LogP contribution in [0.1, 0.15) is 25.3 Å². The van der Waals surface area contributed by atoms with E-state index in [1.165, 1.54) is 0 Å². The topological polar surface area (TPSA) is 60.2 Å². The highest BCUT2D eigenvalue weighted by atomic mass is 16.2. The molecular weight excluding hydrogens is 288 g/mol. The van der Waals surface area contributed by atoms with E-state index in [1.54, 1.807) is 6.20 Å². The van der Waals surface area contributed by atoms with Gasteiger partial charge in [-0.3, -0.25) is 9.78 Å². The molecule has 0 bridgehead atoms. The molecule has 0 saturated carbocycles. The minimum Gasteiger partial charge on any atom is -0.360 e. The Balaban J connectivity index is 2.02. The average Bonchev–Trinajstić information content (AvgIpc) is 2.76. The first-order chi connectivity index (χ1) is 11.2. The van der Waals surface area contributed by atoms with Gasteiger partial charge in [-0.2, -0.15) is 5.26 Å². The Bertz CT molecular complexity index is 765. The number of rotatable bonds is 3. The van der Waals surface area contributed by atoms with Crippen LogP contribution < -0.4 is 4.90 Å². The van der Waals surface area contributed by atoms with Crippen LogP contribution in [0.25, 0.3) is 10.9 Å². The summed E-state index contributed by atoms with van der Waals surface area (Å²) in [6.45, 7) is 4.76. The van der Waals surface area contributed by atoms with Gasteiger partial charge in [0.05, 0.1) is 23.3 Å². The van der Waals surface area contributed by atoms with Crippen molar-refractivity contribution in [1.29, 1.82) is 5.26 Å². The molecule has 118 valence electrons. The van der Waals surface area contributed by atoms with Gasteiger partial charge in [-0.05, 0) is 18.9 Å². The zero-order valence-corrected chi connectivity index (χ0v) is 13.3. The van der Waals surface area contributed by atoms with E-state index in [2.05, 4.69) is 18.0 Å². The molecule has 1 aliphatic rings. The van der Waals surface area contributed by atoms with Gasteiger partial charge >= 0.3 is 0 Å². The lowest BCUT2D eigenvalue weighted by atomic mass is 10.1. The molecule has 1 aliphatic heterocycles. The molecule has 1 aromatic heterocycles. The van der Waals surface area contributed by atoms with Gasteiger partial charge in [-0.15, -0.1) is 0 Å². The molecule has 0 radical (unpaired) electrons. The predicted octanol–water partition coefficient (Wildman–Crippen LogP) is 2.56. The van der Waals surface area contributed by atoms with Crippen LogP contribution in [0.3, 0.4) is 0 Å². The minimum atomic E-state index is 0.133. The molecule has 0 atom stereocenters. The molecule has 1 aromatic carbocycles. The number of carbonyl (C=O) groups excluding carboxylic acids is 1. The first-order valence-electron chi connectivity index (χ1n) is 8.05. The van der Waals surface area contributed by atoms with Gasteiger partial charge in [-0.1, -0.05) is 25.1 Å². The Labute approximate surface area is 136 Å². The number of amides is 1. The maximum Gasteiger partial charge on any atom is 0.242 e. The molecule has 2 aromatic rings. The van der Waals surface area contributed by atoms with Crippen molar-refractivity contribution in [2.75, 3.05) is 31.1 Å². The van der Waals surface area contributed by atoms with Gasteiger partial charge in [0.1, 0.15) is 6.07 Å². The minimum absolute atomic E-state index is 0.133. The van der Waals surface area contributed by atoms with Crippen LogP contribution in [0, 0.1) is 11.3 Å². The SMILES string of the molecule is CCCN1CCCN(c2c(C#N)cnc3ccccc23)CC1=O. The Morgan fingerprint density at radius 3 is 2.91 bits per heavy atom. The van der Waals surface area contributed by atoms with E-state index in [0.717, 1.165) is 49.1 Å². The predicted molar refractivity (Wildman–Crippen MR) is 90.2 cm³/mol. The average molecular weight is 308 g/mol. The maximum atomic E-state index is 12.5. The van der Waals surface area contributed by atoms with Crippen molar-refractivity contribution in [3.05, 3.63) is 36.0 Å². The second kappa shape index (κ2) is 6.66. The second-order valence-corrected chi connectivity index (χ2v) is 5.81. The summed E-state index contributed by atoms with van der Waals surface area (Å²) in [4.78, 5) is 20.8. The van der Waals surface area contributed by atoms with E-state index >= 15 is 0 Å². The number of hydrogen-bond donors (Lipinski definition) is 0. The monoisotopic (exact) mass is 308 g/mol. The Morgan fingerprint density at radius 1 is 1.30 bits per heavy atom. The summed E-state index contributed by atoms with van der Waals surface area (Å²) < 4.78 is 0. The number of aromatic nitrogens is 1. The van der Waals surface area contributed by atoms with Crippen molar-refractivity contribution in [1.82, 2.24) is 9.88 Å². The van der Waals surface area contributed by atoms with E-state index < -0.39 is 0 Å².